The molecule has 1 saturated heterocycles. The molecule has 1 aliphatic heterocycles. The molecule has 11 heteroatoms. The van der Waals surface area contributed by atoms with Crippen LogP contribution in [0.2, 0.25) is 0 Å². The Morgan fingerprint density at radius 3 is 2.76 bits per heavy atom. The van der Waals surface area contributed by atoms with Crippen molar-refractivity contribution in [1.82, 2.24) is 15.1 Å². The molecule has 0 spiro atoms. The van der Waals surface area contributed by atoms with Gasteiger partial charge in [0, 0.05) is 25.6 Å². The van der Waals surface area contributed by atoms with Gasteiger partial charge >= 0.3 is 6.18 Å². The maximum atomic E-state index is 13.4. The number of carbonyl (C=O) groups excluding carboxylic acids is 1. The lowest BCUT2D eigenvalue weighted by Gasteiger charge is -2.26. The number of carbonyl (C=O) groups is 1. The Morgan fingerprint density at radius 1 is 1.38 bits per heavy atom. The van der Waals surface area contributed by atoms with Gasteiger partial charge in [0.1, 0.15) is 5.56 Å². The van der Waals surface area contributed by atoms with E-state index in [9.17, 15) is 22.8 Å². The highest BCUT2D eigenvalue weighted by Crippen LogP contribution is 2.32. The number of halogens is 3. The van der Waals surface area contributed by atoms with Crippen LogP contribution < -0.4 is 10.9 Å². The number of hydrogen-bond donors (Lipinski definition) is 2. The molecule has 8 nitrogen and oxygen atoms in total. The maximum Gasteiger partial charge on any atom is 0.423 e. The Kier molecular flexibility index (Phi) is 11.3. The van der Waals surface area contributed by atoms with Crippen LogP contribution >= 0.6 is 0 Å². The normalized spacial score (nSPS) is 18.0. The zero-order valence-corrected chi connectivity index (χ0v) is 20.2. The van der Waals surface area contributed by atoms with Crippen LogP contribution in [0, 0.1) is 11.8 Å². The van der Waals surface area contributed by atoms with Gasteiger partial charge in [-0.25, -0.2) is 5.10 Å². The molecule has 0 bridgehead atoms. The lowest BCUT2D eigenvalue weighted by molar-refractivity contribution is -0.138. The molecule has 2 heterocycles. The van der Waals surface area contributed by atoms with Crippen LogP contribution in [-0.4, -0.2) is 66.6 Å². The van der Waals surface area contributed by atoms with Crippen molar-refractivity contribution in [2.24, 2.45) is 11.8 Å². The summed E-state index contributed by atoms with van der Waals surface area (Å²) >= 11 is 0. The maximum absolute atomic E-state index is 13.4. The van der Waals surface area contributed by atoms with Crippen LogP contribution in [0.3, 0.4) is 0 Å². The van der Waals surface area contributed by atoms with Crippen molar-refractivity contribution in [2.45, 2.75) is 65.1 Å². The second-order valence-corrected chi connectivity index (χ2v) is 8.87. The summed E-state index contributed by atoms with van der Waals surface area (Å²) in [6.45, 7) is 8.83. The second-order valence-electron chi connectivity index (χ2n) is 8.87. The Balaban J connectivity index is 1.97. The molecule has 0 aliphatic carbocycles. The van der Waals surface area contributed by atoms with Crippen molar-refractivity contribution in [3.8, 4) is 0 Å². The van der Waals surface area contributed by atoms with E-state index in [1.165, 1.54) is 0 Å². The summed E-state index contributed by atoms with van der Waals surface area (Å²) in [4.78, 5) is 26.3. The zero-order chi connectivity index (χ0) is 25.1. The predicted molar refractivity (Wildman–Crippen MR) is 123 cm³/mol. The standard InChI is InChI=1S/C23H37F3N4O4/c1-4-9-30(10-6-16(3)5-2)20(31)8-12-34-15-19(17-7-11-33-14-17)28-18-13-27-29-22(32)21(18)23(24,25)26/h13,16-17,19H,4-12,14-15H2,1-3H3,(H2,28,29,32). The fraction of sp³-hybridized carbons (Fsp3) is 0.783. The van der Waals surface area contributed by atoms with Crippen molar-refractivity contribution in [3.05, 3.63) is 22.1 Å². The molecule has 0 radical (unpaired) electrons. The number of aromatic amines is 1. The molecule has 3 unspecified atom stereocenters. The van der Waals surface area contributed by atoms with E-state index in [1.807, 2.05) is 16.9 Å². The highest BCUT2D eigenvalue weighted by atomic mass is 19.4. The lowest BCUT2D eigenvalue weighted by Crippen LogP contribution is -2.37. The van der Waals surface area contributed by atoms with Gasteiger partial charge in [-0.3, -0.25) is 9.59 Å². The van der Waals surface area contributed by atoms with Crippen LogP contribution in [0.5, 0.6) is 0 Å². The number of hydrogen-bond acceptors (Lipinski definition) is 6. The SMILES string of the molecule is CCCN(CCC(C)CC)C(=O)CCOCC(Nc1cn[nH]c(=O)c1C(F)(F)F)C1CCOC1. The van der Waals surface area contributed by atoms with E-state index in [-0.39, 0.29) is 31.5 Å². The van der Waals surface area contributed by atoms with E-state index in [0.717, 1.165) is 25.5 Å². The van der Waals surface area contributed by atoms with E-state index >= 15 is 0 Å². The number of amides is 1. The van der Waals surface area contributed by atoms with Crippen LogP contribution in [0.1, 0.15) is 58.4 Å². The number of H-pyrrole nitrogens is 1. The highest BCUT2D eigenvalue weighted by Gasteiger charge is 2.38. The van der Waals surface area contributed by atoms with E-state index in [0.29, 0.717) is 38.6 Å². The summed E-state index contributed by atoms with van der Waals surface area (Å²) in [5.41, 5.74) is -3.02. The molecular formula is C23H37F3N4O4. The summed E-state index contributed by atoms with van der Waals surface area (Å²) in [5, 5.41) is 8.15. The third kappa shape index (κ3) is 8.57. The molecule has 1 aromatic rings. The monoisotopic (exact) mass is 490 g/mol. The Labute approximate surface area is 198 Å². The lowest BCUT2D eigenvalue weighted by atomic mass is 9.99. The first-order chi connectivity index (χ1) is 16.2. The Morgan fingerprint density at radius 2 is 2.15 bits per heavy atom. The van der Waals surface area contributed by atoms with Gasteiger partial charge in [0.05, 0.1) is 44.2 Å². The summed E-state index contributed by atoms with van der Waals surface area (Å²) in [6.07, 6.45) is -0.144. The molecule has 2 N–H and O–H groups in total. The Hall–Kier alpha value is -2.14. The van der Waals surface area contributed by atoms with Crippen molar-refractivity contribution in [1.29, 1.82) is 0 Å². The fourth-order valence-corrected chi connectivity index (χ4v) is 3.89. The third-order valence-electron chi connectivity index (χ3n) is 6.21. The summed E-state index contributed by atoms with van der Waals surface area (Å²) in [5.74, 6) is 0.463. The van der Waals surface area contributed by atoms with Gasteiger partial charge in [-0.15, -0.1) is 0 Å². The smallest absolute Gasteiger partial charge is 0.381 e. The fourth-order valence-electron chi connectivity index (χ4n) is 3.89. The van der Waals surface area contributed by atoms with Gasteiger partial charge in [-0.1, -0.05) is 27.2 Å². The van der Waals surface area contributed by atoms with Crippen molar-refractivity contribution < 1.29 is 27.4 Å². The van der Waals surface area contributed by atoms with E-state index in [4.69, 9.17) is 9.47 Å². The average molecular weight is 491 g/mol. The van der Waals surface area contributed by atoms with Crippen LogP contribution in [-0.2, 0) is 20.4 Å². The number of anilines is 1. The number of alkyl halides is 3. The molecule has 34 heavy (non-hydrogen) atoms. The molecule has 194 valence electrons. The van der Waals surface area contributed by atoms with E-state index in [1.54, 1.807) is 0 Å². The molecule has 1 aromatic heterocycles. The second kappa shape index (κ2) is 13.7. The topological polar surface area (TPSA) is 96.5 Å². The summed E-state index contributed by atoms with van der Waals surface area (Å²) in [7, 11) is 0. The molecule has 1 fully saturated rings. The van der Waals surface area contributed by atoms with E-state index in [2.05, 4.69) is 24.3 Å². The molecular weight excluding hydrogens is 453 g/mol. The first kappa shape index (κ1) is 28.1. The number of nitrogens with one attached hydrogen (secondary N) is 2. The molecule has 1 aliphatic rings. The van der Waals surface area contributed by atoms with Gasteiger partial charge in [-0.2, -0.15) is 18.3 Å². The quantitative estimate of drug-likeness (QED) is 0.386. The van der Waals surface area contributed by atoms with Gasteiger partial charge in [0.2, 0.25) is 5.91 Å². The average Bonchev–Trinajstić information content (AvgIpc) is 3.32. The minimum atomic E-state index is -4.83. The van der Waals surface area contributed by atoms with Gasteiger partial charge in [-0.05, 0) is 25.2 Å². The first-order valence-corrected chi connectivity index (χ1v) is 12.0. The molecule has 0 saturated carbocycles. The number of aromatic nitrogens is 2. The molecule has 0 aromatic carbocycles. The molecule has 2 rings (SSSR count). The van der Waals surface area contributed by atoms with E-state index < -0.39 is 29.0 Å². The molecule has 3 atom stereocenters. The first-order valence-electron chi connectivity index (χ1n) is 12.0. The number of rotatable bonds is 14. The number of nitrogens with zero attached hydrogens (tertiary/aromatic N) is 2. The van der Waals surface area contributed by atoms with Gasteiger partial charge in [0.25, 0.3) is 5.56 Å². The van der Waals surface area contributed by atoms with Crippen molar-refractivity contribution in [3.63, 3.8) is 0 Å². The van der Waals surface area contributed by atoms with Crippen LogP contribution in [0.15, 0.2) is 11.0 Å². The van der Waals surface area contributed by atoms with Gasteiger partial charge < -0.3 is 19.7 Å². The summed E-state index contributed by atoms with van der Waals surface area (Å²) < 4.78 is 51.4. The minimum absolute atomic E-state index is 0.0111. The Bertz CT molecular complexity index is 812. The summed E-state index contributed by atoms with van der Waals surface area (Å²) in [6, 6.07) is -0.528. The van der Waals surface area contributed by atoms with Crippen molar-refractivity contribution in [2.75, 3.05) is 44.8 Å². The zero-order valence-electron chi connectivity index (χ0n) is 20.2. The van der Waals surface area contributed by atoms with Crippen molar-refractivity contribution >= 4 is 11.6 Å². The largest absolute Gasteiger partial charge is 0.423 e. The molecule has 1 amide bonds. The minimum Gasteiger partial charge on any atom is -0.381 e. The van der Waals surface area contributed by atoms with Crippen LogP contribution in [0.4, 0.5) is 18.9 Å². The van der Waals surface area contributed by atoms with Crippen LogP contribution in [0.25, 0.3) is 0 Å². The third-order valence-corrected chi connectivity index (χ3v) is 6.21. The van der Waals surface area contributed by atoms with Gasteiger partial charge in [0.15, 0.2) is 0 Å². The number of ether oxygens (including phenoxy) is 2. The predicted octanol–water partition coefficient (Wildman–Crippen LogP) is 3.69. The highest BCUT2D eigenvalue weighted by molar-refractivity contribution is 5.76.